The van der Waals surface area contributed by atoms with Gasteiger partial charge < -0.3 is 16.4 Å². The summed E-state index contributed by atoms with van der Waals surface area (Å²) in [7, 11) is 0. The number of hydrogen-bond donors (Lipinski definition) is 3. The van der Waals surface area contributed by atoms with Gasteiger partial charge in [-0.1, -0.05) is 26.0 Å². The Morgan fingerprint density at radius 2 is 1.70 bits per heavy atom. The minimum Gasteiger partial charge on any atom is -0.368 e. The summed E-state index contributed by atoms with van der Waals surface area (Å²) in [4.78, 5) is 35.1. The lowest BCUT2D eigenvalue weighted by atomic mass is 10.0. The first-order valence-corrected chi connectivity index (χ1v) is 7.32. The Bertz CT molecular complexity index is 572. The van der Waals surface area contributed by atoms with E-state index in [1.54, 1.807) is 13.8 Å². The van der Waals surface area contributed by atoms with Crippen LogP contribution >= 0.6 is 0 Å². The smallest absolute Gasteiger partial charge is 0.243 e. The van der Waals surface area contributed by atoms with E-state index in [9.17, 15) is 18.8 Å². The number of benzene rings is 1. The lowest BCUT2D eigenvalue weighted by Gasteiger charge is -2.23. The summed E-state index contributed by atoms with van der Waals surface area (Å²) < 4.78 is 12.9. The van der Waals surface area contributed by atoms with Crippen LogP contribution in [0.25, 0.3) is 0 Å². The van der Waals surface area contributed by atoms with E-state index < -0.39 is 23.9 Å². The Kier molecular flexibility index (Phi) is 6.68. The molecule has 1 aromatic carbocycles. The Balaban J connectivity index is 2.87. The van der Waals surface area contributed by atoms with Crippen LogP contribution in [0.2, 0.25) is 0 Å². The average molecular weight is 323 g/mol. The van der Waals surface area contributed by atoms with Crippen LogP contribution in [0, 0.1) is 11.7 Å². The second-order valence-electron chi connectivity index (χ2n) is 5.72. The molecule has 0 radical (unpaired) electrons. The Morgan fingerprint density at radius 1 is 1.13 bits per heavy atom. The number of rotatable bonds is 7. The van der Waals surface area contributed by atoms with Crippen LogP contribution in [0.1, 0.15) is 26.3 Å². The first kappa shape index (κ1) is 18.6. The van der Waals surface area contributed by atoms with Crippen LogP contribution in [0.3, 0.4) is 0 Å². The second-order valence-corrected chi connectivity index (χ2v) is 5.72. The molecule has 4 N–H and O–H groups in total. The predicted molar refractivity (Wildman–Crippen MR) is 83.7 cm³/mol. The molecule has 3 amide bonds. The van der Waals surface area contributed by atoms with E-state index in [1.807, 2.05) is 0 Å². The molecule has 23 heavy (non-hydrogen) atoms. The number of halogens is 1. The first-order chi connectivity index (χ1) is 10.7. The fourth-order valence-electron chi connectivity index (χ4n) is 2.13. The number of hydrogen-bond acceptors (Lipinski definition) is 3. The zero-order chi connectivity index (χ0) is 17.6. The predicted octanol–water partition coefficient (Wildman–Crippen LogP) is 0.499. The zero-order valence-corrected chi connectivity index (χ0v) is 13.4. The van der Waals surface area contributed by atoms with Crippen molar-refractivity contribution in [3.05, 3.63) is 35.6 Å². The van der Waals surface area contributed by atoms with Crippen molar-refractivity contribution in [2.24, 2.45) is 11.7 Å². The molecule has 126 valence electrons. The molecule has 0 aliphatic carbocycles. The van der Waals surface area contributed by atoms with Gasteiger partial charge in [0.1, 0.15) is 17.9 Å². The van der Waals surface area contributed by atoms with Gasteiger partial charge in [-0.15, -0.1) is 0 Å². The van der Waals surface area contributed by atoms with Crippen LogP contribution in [0.5, 0.6) is 0 Å². The number of nitrogens with one attached hydrogen (secondary N) is 2. The van der Waals surface area contributed by atoms with E-state index in [4.69, 9.17) is 5.73 Å². The summed E-state index contributed by atoms with van der Waals surface area (Å²) in [6, 6.07) is 3.92. The number of primary amides is 1. The number of carbonyl (C=O) groups is 3. The highest BCUT2D eigenvalue weighted by Gasteiger charge is 2.27. The normalized spacial score (nSPS) is 13.3. The van der Waals surface area contributed by atoms with E-state index in [0.29, 0.717) is 5.56 Å². The molecule has 0 saturated heterocycles. The van der Waals surface area contributed by atoms with Crippen molar-refractivity contribution in [1.29, 1.82) is 0 Å². The maximum Gasteiger partial charge on any atom is 0.243 e. The molecular formula is C16H22FN3O3. The van der Waals surface area contributed by atoms with Crippen molar-refractivity contribution in [2.75, 3.05) is 0 Å². The van der Waals surface area contributed by atoms with Gasteiger partial charge in [-0.3, -0.25) is 14.4 Å². The van der Waals surface area contributed by atoms with Crippen LogP contribution in [-0.2, 0) is 20.8 Å². The highest BCUT2D eigenvalue weighted by Crippen LogP contribution is 2.08. The van der Waals surface area contributed by atoms with Crippen molar-refractivity contribution < 1.29 is 18.8 Å². The van der Waals surface area contributed by atoms with Crippen LogP contribution in [0.4, 0.5) is 4.39 Å². The summed E-state index contributed by atoms with van der Waals surface area (Å²) in [5.74, 6) is -2.10. The molecule has 0 aliphatic heterocycles. The summed E-state index contributed by atoms with van der Waals surface area (Å²) in [5.41, 5.74) is 5.95. The zero-order valence-electron chi connectivity index (χ0n) is 13.4. The molecule has 2 atom stereocenters. The molecule has 1 aromatic rings. The van der Waals surface area contributed by atoms with E-state index in [-0.39, 0.29) is 24.1 Å². The van der Waals surface area contributed by atoms with Gasteiger partial charge in [0.25, 0.3) is 0 Å². The van der Waals surface area contributed by atoms with Crippen molar-refractivity contribution >= 4 is 17.7 Å². The Labute approximate surface area is 134 Å². The fraction of sp³-hybridized carbons (Fsp3) is 0.438. The number of carbonyl (C=O) groups excluding carboxylic acids is 3. The second kappa shape index (κ2) is 8.26. The molecule has 0 aromatic heterocycles. The first-order valence-electron chi connectivity index (χ1n) is 7.32. The van der Waals surface area contributed by atoms with Gasteiger partial charge in [-0.2, -0.15) is 0 Å². The molecule has 7 heteroatoms. The summed E-state index contributed by atoms with van der Waals surface area (Å²) in [6.07, 6.45) is 0.176. The molecule has 0 aliphatic rings. The summed E-state index contributed by atoms with van der Waals surface area (Å²) in [5, 5.41) is 5.08. The standard InChI is InChI=1S/C16H22FN3O3/c1-9(2)14(15(18)22)20-16(23)13(19-10(3)21)8-11-4-6-12(17)7-5-11/h4-7,9,13-14H,8H2,1-3H3,(H2,18,22)(H,19,21)(H,20,23)/t13-,14+/m1/s1. The van der Waals surface area contributed by atoms with Crippen LogP contribution in [-0.4, -0.2) is 29.8 Å². The van der Waals surface area contributed by atoms with Gasteiger partial charge >= 0.3 is 0 Å². The molecule has 0 unspecified atom stereocenters. The molecule has 0 fully saturated rings. The lowest BCUT2D eigenvalue weighted by molar-refractivity contribution is -0.131. The third-order valence-electron chi connectivity index (χ3n) is 3.32. The minimum atomic E-state index is -0.876. The quantitative estimate of drug-likeness (QED) is 0.681. The highest BCUT2D eigenvalue weighted by molar-refractivity contribution is 5.91. The molecule has 0 saturated carbocycles. The SMILES string of the molecule is CC(=O)N[C@H](Cc1ccc(F)cc1)C(=O)N[C@H](C(N)=O)C(C)C. The van der Waals surface area contributed by atoms with Gasteiger partial charge in [0.05, 0.1) is 0 Å². The maximum atomic E-state index is 12.9. The lowest BCUT2D eigenvalue weighted by Crippen LogP contribution is -2.55. The van der Waals surface area contributed by atoms with Crippen LogP contribution in [0.15, 0.2) is 24.3 Å². The molecule has 1 rings (SSSR count). The maximum absolute atomic E-state index is 12.9. The van der Waals surface area contributed by atoms with E-state index >= 15 is 0 Å². The van der Waals surface area contributed by atoms with Crippen molar-refractivity contribution in [3.8, 4) is 0 Å². The number of amides is 3. The van der Waals surface area contributed by atoms with Crippen molar-refractivity contribution in [1.82, 2.24) is 10.6 Å². The molecule has 0 spiro atoms. The Morgan fingerprint density at radius 3 is 2.13 bits per heavy atom. The van der Waals surface area contributed by atoms with E-state index in [2.05, 4.69) is 10.6 Å². The fourth-order valence-corrected chi connectivity index (χ4v) is 2.13. The van der Waals surface area contributed by atoms with Gasteiger partial charge in [-0.25, -0.2) is 4.39 Å². The van der Waals surface area contributed by atoms with Gasteiger partial charge in [0.2, 0.25) is 17.7 Å². The van der Waals surface area contributed by atoms with Gasteiger partial charge in [0.15, 0.2) is 0 Å². The summed E-state index contributed by atoms with van der Waals surface area (Å²) >= 11 is 0. The number of nitrogens with two attached hydrogens (primary N) is 1. The minimum absolute atomic E-state index is 0.176. The molecule has 6 nitrogen and oxygen atoms in total. The third kappa shape index (κ3) is 6.06. The average Bonchev–Trinajstić information content (AvgIpc) is 2.44. The molecule has 0 heterocycles. The van der Waals surface area contributed by atoms with Crippen LogP contribution < -0.4 is 16.4 Å². The highest BCUT2D eigenvalue weighted by atomic mass is 19.1. The topological polar surface area (TPSA) is 101 Å². The molecule has 0 bridgehead atoms. The Hall–Kier alpha value is -2.44. The van der Waals surface area contributed by atoms with Crippen molar-refractivity contribution in [3.63, 3.8) is 0 Å². The largest absolute Gasteiger partial charge is 0.368 e. The molecular weight excluding hydrogens is 301 g/mol. The van der Waals surface area contributed by atoms with Gasteiger partial charge in [0, 0.05) is 13.3 Å². The monoisotopic (exact) mass is 323 g/mol. The summed E-state index contributed by atoms with van der Waals surface area (Å²) in [6.45, 7) is 4.80. The third-order valence-corrected chi connectivity index (χ3v) is 3.32. The van der Waals surface area contributed by atoms with Crippen molar-refractivity contribution in [2.45, 2.75) is 39.3 Å². The van der Waals surface area contributed by atoms with E-state index in [0.717, 1.165) is 0 Å². The van der Waals surface area contributed by atoms with E-state index in [1.165, 1.54) is 31.2 Å². The van der Waals surface area contributed by atoms with Gasteiger partial charge in [-0.05, 0) is 23.6 Å².